The van der Waals surface area contributed by atoms with Crippen molar-refractivity contribution >= 4 is 29.5 Å². The normalized spacial score (nSPS) is 22.5. The Hall–Kier alpha value is -5.79. The minimum atomic E-state index is -1.00. The molecule has 4 aromatic rings. The van der Waals surface area contributed by atoms with E-state index >= 15 is 0 Å². The average molecular weight is 710 g/mol. The number of hydrogen-bond acceptors (Lipinski definition) is 9. The molecule has 1 saturated heterocycles. The highest BCUT2D eigenvalue weighted by atomic mass is 16.3. The molecule has 0 unspecified atom stereocenters. The minimum absolute atomic E-state index is 0.0477. The van der Waals surface area contributed by atoms with Gasteiger partial charge in [-0.3, -0.25) is 24.0 Å². The number of benzene rings is 2. The highest BCUT2D eigenvalue weighted by Gasteiger charge is 2.42. The predicted molar refractivity (Wildman–Crippen MR) is 187 cm³/mol. The van der Waals surface area contributed by atoms with Crippen molar-refractivity contribution < 1.29 is 32.8 Å². The maximum atomic E-state index is 14.2. The average Bonchev–Trinajstić information content (AvgIpc) is 3.91. The molecule has 4 heterocycles. The Morgan fingerprint density at radius 2 is 1.50 bits per heavy atom. The first kappa shape index (κ1) is 36.0. The monoisotopic (exact) mass is 709 g/mol. The van der Waals surface area contributed by atoms with Gasteiger partial charge >= 0.3 is 0 Å². The summed E-state index contributed by atoms with van der Waals surface area (Å²) in [5.74, 6) is -2.16. The van der Waals surface area contributed by atoms with Crippen LogP contribution in [0.4, 0.5) is 0 Å². The van der Waals surface area contributed by atoms with Gasteiger partial charge in [-0.05, 0) is 43.2 Å². The lowest BCUT2D eigenvalue weighted by atomic mass is 10.0. The Bertz CT molecular complexity index is 1890. The summed E-state index contributed by atoms with van der Waals surface area (Å²) in [6.07, 6.45) is 3.89. The summed E-state index contributed by atoms with van der Waals surface area (Å²) in [6, 6.07) is 15.0. The first-order chi connectivity index (χ1) is 25.0. The molecule has 2 aromatic carbocycles. The molecule has 6 rings (SSSR count). The lowest BCUT2D eigenvalue weighted by Crippen LogP contribution is -2.48. The van der Waals surface area contributed by atoms with E-state index in [2.05, 4.69) is 31.2 Å². The van der Waals surface area contributed by atoms with E-state index in [1.54, 1.807) is 6.92 Å². The van der Waals surface area contributed by atoms with Crippen molar-refractivity contribution in [3.63, 3.8) is 0 Å². The standard InChI is InChI=1S/C38H43N7O7/c1-22(2)16-27-33(47)39-23(3)36-44-30(21-51-36)38(50)45-19-26(40-32(46)15-14-24-10-6-4-7-11-24)18-31(45)35(49)42-28(17-25-12-8-5-9-13-25)37-43-29(20-52-37)34(48)41-27/h4-13,20-23,26-28,31H,14-19H2,1-3H3,(H,39,47)(H,40,46)(H,41,48)(H,42,49)/t23-,26+,27-,28+,31+/m1/s1. The third kappa shape index (κ3) is 8.74. The van der Waals surface area contributed by atoms with Gasteiger partial charge in [0, 0.05) is 25.4 Å². The molecule has 2 aromatic heterocycles. The largest absolute Gasteiger partial charge is 0.446 e. The number of hydrogen-bond donors (Lipinski definition) is 4. The second-order valence-electron chi connectivity index (χ2n) is 13.7. The number of carbonyl (C=O) groups excluding carboxylic acids is 5. The minimum Gasteiger partial charge on any atom is -0.446 e. The number of oxazole rings is 2. The number of carbonyl (C=O) groups is 5. The summed E-state index contributed by atoms with van der Waals surface area (Å²) >= 11 is 0. The number of rotatable bonds is 8. The van der Waals surface area contributed by atoms with Crippen molar-refractivity contribution in [2.24, 2.45) is 5.92 Å². The summed E-state index contributed by atoms with van der Waals surface area (Å²) in [7, 11) is 0. The zero-order valence-corrected chi connectivity index (χ0v) is 29.3. The van der Waals surface area contributed by atoms with Gasteiger partial charge in [-0.15, -0.1) is 0 Å². The van der Waals surface area contributed by atoms with Crippen LogP contribution in [0.3, 0.4) is 0 Å². The molecule has 4 bridgehead atoms. The van der Waals surface area contributed by atoms with Gasteiger partial charge in [0.15, 0.2) is 11.4 Å². The molecular weight excluding hydrogens is 666 g/mol. The van der Waals surface area contributed by atoms with Crippen molar-refractivity contribution in [1.82, 2.24) is 36.1 Å². The fraction of sp³-hybridized carbons (Fsp3) is 0.395. The van der Waals surface area contributed by atoms with Crippen LogP contribution in [0.5, 0.6) is 0 Å². The number of aryl methyl sites for hydroxylation is 1. The third-order valence-corrected chi connectivity index (χ3v) is 9.16. The molecule has 272 valence electrons. The smallest absolute Gasteiger partial charge is 0.276 e. The SMILES string of the molecule is CC(C)C[C@H]1NC(=O)c2coc(n2)[C@H](Cc2ccccc2)NC(=O)[C@@H]2C[C@H](NC(=O)CCc3ccccc3)CN2C(=O)c2coc(n2)[C@@H](C)NC1=O. The molecular formula is C38H43N7O7. The van der Waals surface area contributed by atoms with Crippen LogP contribution in [0.2, 0.25) is 0 Å². The van der Waals surface area contributed by atoms with Gasteiger partial charge in [0.2, 0.25) is 29.5 Å². The Balaban J connectivity index is 1.31. The number of amides is 5. The highest BCUT2D eigenvalue weighted by Crippen LogP contribution is 2.25. The van der Waals surface area contributed by atoms with Crippen LogP contribution >= 0.6 is 0 Å². The van der Waals surface area contributed by atoms with Crippen LogP contribution in [0.15, 0.2) is 82.0 Å². The summed E-state index contributed by atoms with van der Waals surface area (Å²) in [6.45, 7) is 5.55. The second kappa shape index (κ2) is 16.0. The van der Waals surface area contributed by atoms with Crippen molar-refractivity contribution in [1.29, 1.82) is 0 Å². The van der Waals surface area contributed by atoms with Crippen molar-refractivity contribution in [3.8, 4) is 0 Å². The van der Waals surface area contributed by atoms with Gasteiger partial charge in [0.05, 0.1) is 0 Å². The number of aromatic nitrogens is 2. The van der Waals surface area contributed by atoms with E-state index in [0.29, 0.717) is 12.8 Å². The molecule has 2 aliphatic heterocycles. The summed E-state index contributed by atoms with van der Waals surface area (Å²) in [4.78, 5) is 78.3. The molecule has 5 amide bonds. The molecule has 2 aliphatic rings. The van der Waals surface area contributed by atoms with E-state index in [4.69, 9.17) is 8.83 Å². The van der Waals surface area contributed by atoms with Gasteiger partial charge in [-0.2, -0.15) is 0 Å². The highest BCUT2D eigenvalue weighted by molar-refractivity contribution is 5.97. The molecule has 52 heavy (non-hydrogen) atoms. The van der Waals surface area contributed by atoms with Gasteiger partial charge in [0.25, 0.3) is 11.8 Å². The van der Waals surface area contributed by atoms with E-state index in [1.165, 1.54) is 17.4 Å². The maximum Gasteiger partial charge on any atom is 0.276 e. The van der Waals surface area contributed by atoms with Crippen LogP contribution in [0, 0.1) is 5.92 Å². The summed E-state index contributed by atoms with van der Waals surface area (Å²) in [5.41, 5.74) is 1.76. The maximum absolute atomic E-state index is 14.2. The van der Waals surface area contributed by atoms with Crippen LogP contribution < -0.4 is 21.3 Å². The fourth-order valence-electron chi connectivity index (χ4n) is 6.53. The first-order valence-corrected chi connectivity index (χ1v) is 17.5. The zero-order valence-electron chi connectivity index (χ0n) is 29.3. The summed E-state index contributed by atoms with van der Waals surface area (Å²) in [5, 5.41) is 11.6. The molecule has 0 saturated carbocycles. The molecule has 0 spiro atoms. The van der Waals surface area contributed by atoms with Crippen LogP contribution in [-0.2, 0) is 27.2 Å². The van der Waals surface area contributed by atoms with E-state index in [-0.39, 0.29) is 60.8 Å². The van der Waals surface area contributed by atoms with Crippen LogP contribution in [0.25, 0.3) is 0 Å². The molecule has 0 radical (unpaired) electrons. The van der Waals surface area contributed by atoms with Gasteiger partial charge in [0.1, 0.15) is 36.7 Å². The molecule has 0 aliphatic carbocycles. The van der Waals surface area contributed by atoms with Crippen molar-refractivity contribution in [2.75, 3.05) is 6.54 Å². The van der Waals surface area contributed by atoms with E-state index in [1.807, 2.05) is 74.5 Å². The molecule has 5 atom stereocenters. The number of nitrogens with zero attached hydrogens (tertiary/aromatic N) is 3. The van der Waals surface area contributed by atoms with Crippen LogP contribution in [-0.4, -0.2) is 69.1 Å². The van der Waals surface area contributed by atoms with E-state index in [9.17, 15) is 24.0 Å². The lowest BCUT2D eigenvalue weighted by Gasteiger charge is -2.25. The Morgan fingerprint density at radius 3 is 2.21 bits per heavy atom. The molecule has 4 N–H and O–H groups in total. The Labute approximate surface area is 301 Å². The van der Waals surface area contributed by atoms with E-state index < -0.39 is 53.8 Å². The molecule has 1 fully saturated rings. The van der Waals surface area contributed by atoms with Gasteiger partial charge < -0.3 is 35.0 Å². The summed E-state index contributed by atoms with van der Waals surface area (Å²) < 4.78 is 11.4. The number of fused-ring (bicyclic) bond motifs is 5. The molecule has 14 nitrogen and oxygen atoms in total. The number of nitrogens with one attached hydrogen (secondary N) is 4. The van der Waals surface area contributed by atoms with Crippen molar-refractivity contribution in [2.45, 2.75) is 83.1 Å². The van der Waals surface area contributed by atoms with Gasteiger partial charge in [-0.1, -0.05) is 74.5 Å². The predicted octanol–water partition coefficient (Wildman–Crippen LogP) is 3.43. The molecule has 14 heteroatoms. The quantitative estimate of drug-likeness (QED) is 0.213. The lowest BCUT2D eigenvalue weighted by molar-refractivity contribution is -0.126. The topological polar surface area (TPSA) is 189 Å². The Morgan fingerprint density at radius 1 is 0.846 bits per heavy atom. The zero-order chi connectivity index (χ0) is 36.8. The van der Waals surface area contributed by atoms with Crippen LogP contribution in [0.1, 0.15) is 96.0 Å². The third-order valence-electron chi connectivity index (χ3n) is 9.16. The fourth-order valence-corrected chi connectivity index (χ4v) is 6.53. The second-order valence-corrected chi connectivity index (χ2v) is 13.7. The Kier molecular flexibility index (Phi) is 11.1. The van der Waals surface area contributed by atoms with Crippen molar-refractivity contribution in [3.05, 3.63) is 107 Å². The van der Waals surface area contributed by atoms with E-state index in [0.717, 1.165) is 11.1 Å². The van der Waals surface area contributed by atoms with Gasteiger partial charge in [-0.25, -0.2) is 9.97 Å². The first-order valence-electron chi connectivity index (χ1n) is 17.5.